The molecule has 0 unspecified atom stereocenters. The minimum atomic E-state index is 0. The van der Waals surface area contributed by atoms with Crippen LogP contribution < -0.4 is 10.6 Å². The Morgan fingerprint density at radius 3 is 2.60 bits per heavy atom. The van der Waals surface area contributed by atoms with Gasteiger partial charge in [-0.3, -0.25) is 9.39 Å². The van der Waals surface area contributed by atoms with Crippen molar-refractivity contribution < 1.29 is 0 Å². The van der Waals surface area contributed by atoms with Gasteiger partial charge in [0.2, 0.25) is 0 Å². The lowest BCUT2D eigenvalue weighted by Gasteiger charge is -2.11. The Labute approximate surface area is 191 Å². The minimum absolute atomic E-state index is 0. The van der Waals surface area contributed by atoms with Crippen LogP contribution in [0, 0.1) is 13.8 Å². The number of nitrogens with one attached hydrogen (secondary N) is 2. The summed E-state index contributed by atoms with van der Waals surface area (Å²) in [4.78, 5) is 8.79. The van der Waals surface area contributed by atoms with Crippen molar-refractivity contribution in [3.63, 3.8) is 0 Å². The molecule has 0 aliphatic carbocycles. The second kappa shape index (κ2) is 9.65. The summed E-state index contributed by atoms with van der Waals surface area (Å²) in [5.41, 5.74) is 3.91. The third kappa shape index (κ3) is 4.75. The van der Waals surface area contributed by atoms with Gasteiger partial charge in [0.1, 0.15) is 0 Å². The van der Waals surface area contributed by atoms with Crippen LogP contribution in [0.2, 0.25) is 0 Å². The van der Waals surface area contributed by atoms with Crippen LogP contribution in [0.3, 0.4) is 0 Å². The maximum atomic E-state index is 4.53. The highest BCUT2D eigenvalue weighted by molar-refractivity contribution is 14.0. The van der Waals surface area contributed by atoms with Crippen LogP contribution in [0.1, 0.15) is 22.8 Å². The average molecular weight is 517 g/mol. The molecule has 0 aliphatic heterocycles. The summed E-state index contributed by atoms with van der Waals surface area (Å²) >= 11 is 0. The molecular weight excluding hydrogens is 493 g/mol. The van der Waals surface area contributed by atoms with Gasteiger partial charge in [-0.1, -0.05) is 12.1 Å². The standard InChI is InChI=1S/C20H23N9.HI/c1-14-10-15(2)29(27-14)17-8-7-16(11-22-17)12-23-20(21-3)24-13-19-26-25-18-6-4-5-9-28(18)19;/h4-11H,12-13H2,1-3H3,(H2,21,23,24);1H. The zero-order valence-electron chi connectivity index (χ0n) is 17.1. The number of nitrogens with zero attached hydrogens (tertiary/aromatic N) is 7. The Morgan fingerprint density at radius 1 is 1.07 bits per heavy atom. The lowest BCUT2D eigenvalue weighted by Crippen LogP contribution is -2.36. The quantitative estimate of drug-likeness (QED) is 0.240. The first-order valence-electron chi connectivity index (χ1n) is 9.36. The molecule has 0 radical (unpaired) electrons. The molecule has 4 rings (SSSR count). The van der Waals surface area contributed by atoms with Crippen molar-refractivity contribution in [2.24, 2.45) is 4.99 Å². The number of aryl methyl sites for hydroxylation is 2. The largest absolute Gasteiger partial charge is 0.352 e. The first-order chi connectivity index (χ1) is 14.1. The van der Waals surface area contributed by atoms with E-state index >= 15 is 0 Å². The number of hydrogen-bond acceptors (Lipinski definition) is 5. The summed E-state index contributed by atoms with van der Waals surface area (Å²) in [7, 11) is 1.74. The van der Waals surface area contributed by atoms with Gasteiger partial charge in [0.25, 0.3) is 0 Å². The third-order valence-corrected chi connectivity index (χ3v) is 4.52. The third-order valence-electron chi connectivity index (χ3n) is 4.52. The van der Waals surface area contributed by atoms with Gasteiger partial charge >= 0.3 is 0 Å². The molecule has 0 saturated heterocycles. The van der Waals surface area contributed by atoms with Gasteiger partial charge < -0.3 is 10.6 Å². The first kappa shape index (κ1) is 21.7. The Bertz CT molecular complexity index is 1140. The van der Waals surface area contributed by atoms with E-state index in [-0.39, 0.29) is 24.0 Å². The normalized spacial score (nSPS) is 11.4. The highest BCUT2D eigenvalue weighted by Crippen LogP contribution is 2.10. The molecule has 0 fully saturated rings. The van der Waals surface area contributed by atoms with Crippen molar-refractivity contribution in [3.8, 4) is 5.82 Å². The maximum absolute atomic E-state index is 4.53. The fourth-order valence-electron chi connectivity index (χ4n) is 3.09. The smallest absolute Gasteiger partial charge is 0.191 e. The van der Waals surface area contributed by atoms with E-state index in [1.807, 2.05) is 71.7 Å². The summed E-state index contributed by atoms with van der Waals surface area (Å²) in [5.74, 6) is 2.31. The fourth-order valence-corrected chi connectivity index (χ4v) is 3.09. The molecule has 4 aromatic rings. The molecule has 4 heterocycles. The monoisotopic (exact) mass is 517 g/mol. The highest BCUT2D eigenvalue weighted by atomic mass is 127. The predicted molar refractivity (Wildman–Crippen MR) is 126 cm³/mol. The number of pyridine rings is 2. The molecule has 10 heteroatoms. The van der Waals surface area contributed by atoms with Crippen LogP contribution in [-0.2, 0) is 13.1 Å². The van der Waals surface area contributed by atoms with E-state index in [4.69, 9.17) is 0 Å². The van der Waals surface area contributed by atoms with Gasteiger partial charge in [-0.25, -0.2) is 9.67 Å². The summed E-state index contributed by atoms with van der Waals surface area (Å²) < 4.78 is 3.79. The summed E-state index contributed by atoms with van der Waals surface area (Å²) in [5, 5.41) is 19.4. The molecule has 0 saturated carbocycles. The van der Waals surface area contributed by atoms with Gasteiger partial charge in [-0.05, 0) is 43.7 Å². The van der Waals surface area contributed by atoms with Crippen LogP contribution in [-0.4, -0.2) is 42.4 Å². The molecule has 0 bridgehead atoms. The van der Waals surface area contributed by atoms with Crippen molar-refractivity contribution in [1.82, 2.24) is 40.0 Å². The zero-order chi connectivity index (χ0) is 20.2. The Kier molecular flexibility index (Phi) is 6.98. The van der Waals surface area contributed by atoms with Crippen LogP contribution in [0.5, 0.6) is 0 Å². The number of halogens is 1. The molecule has 9 nitrogen and oxygen atoms in total. The topological polar surface area (TPSA) is 97.3 Å². The number of rotatable bonds is 5. The number of aromatic nitrogens is 6. The van der Waals surface area contributed by atoms with E-state index in [1.165, 1.54) is 0 Å². The van der Waals surface area contributed by atoms with Crippen molar-refractivity contribution in [2.45, 2.75) is 26.9 Å². The molecule has 156 valence electrons. The maximum Gasteiger partial charge on any atom is 0.191 e. The van der Waals surface area contributed by atoms with Gasteiger partial charge in [0.15, 0.2) is 23.2 Å². The summed E-state index contributed by atoms with van der Waals surface area (Å²) in [6.45, 7) is 5.11. The first-order valence-corrected chi connectivity index (χ1v) is 9.36. The van der Waals surface area contributed by atoms with E-state index < -0.39 is 0 Å². The van der Waals surface area contributed by atoms with Gasteiger partial charge in [0, 0.05) is 31.7 Å². The fraction of sp³-hybridized carbons (Fsp3) is 0.250. The summed E-state index contributed by atoms with van der Waals surface area (Å²) in [6.07, 6.45) is 3.79. The zero-order valence-corrected chi connectivity index (χ0v) is 19.4. The van der Waals surface area contributed by atoms with Crippen LogP contribution in [0.4, 0.5) is 0 Å². The number of aliphatic imine (C=N–C) groups is 1. The molecule has 4 aromatic heterocycles. The lowest BCUT2D eigenvalue weighted by molar-refractivity contribution is 0.759. The van der Waals surface area contributed by atoms with Crippen LogP contribution in [0.25, 0.3) is 11.5 Å². The van der Waals surface area contributed by atoms with E-state index in [1.54, 1.807) is 7.05 Å². The molecule has 0 spiro atoms. The van der Waals surface area contributed by atoms with E-state index in [9.17, 15) is 0 Å². The van der Waals surface area contributed by atoms with E-state index in [0.29, 0.717) is 19.0 Å². The predicted octanol–water partition coefficient (Wildman–Crippen LogP) is 2.41. The minimum Gasteiger partial charge on any atom is -0.352 e. The Balaban J connectivity index is 0.00000256. The number of fused-ring (bicyclic) bond motifs is 1. The molecule has 2 N–H and O–H groups in total. The molecule has 0 atom stereocenters. The second-order valence-electron chi connectivity index (χ2n) is 6.69. The SMILES string of the molecule is CN=C(NCc1ccc(-n2nc(C)cc2C)nc1)NCc1nnc2ccccn12.I. The van der Waals surface area contributed by atoms with Gasteiger partial charge in [-0.15, -0.1) is 34.2 Å². The molecular formula is C20H24IN9. The molecule has 30 heavy (non-hydrogen) atoms. The van der Waals surface area contributed by atoms with Gasteiger partial charge in [0.05, 0.1) is 12.2 Å². The molecule has 0 amide bonds. The molecule has 0 aromatic carbocycles. The summed E-state index contributed by atoms with van der Waals surface area (Å²) in [6, 6.07) is 11.9. The van der Waals surface area contributed by atoms with Crippen molar-refractivity contribution in [3.05, 3.63) is 71.6 Å². The lowest BCUT2D eigenvalue weighted by atomic mass is 10.3. The van der Waals surface area contributed by atoms with E-state index in [2.05, 4.69) is 35.9 Å². The van der Waals surface area contributed by atoms with Gasteiger partial charge in [-0.2, -0.15) is 5.10 Å². The van der Waals surface area contributed by atoms with Crippen molar-refractivity contribution >= 4 is 35.6 Å². The van der Waals surface area contributed by atoms with Crippen LogP contribution in [0.15, 0.2) is 53.8 Å². The Hall–Kier alpha value is -3.02. The van der Waals surface area contributed by atoms with E-state index in [0.717, 1.165) is 34.2 Å². The number of hydrogen-bond donors (Lipinski definition) is 2. The van der Waals surface area contributed by atoms with Crippen molar-refractivity contribution in [1.29, 1.82) is 0 Å². The molecule has 0 aliphatic rings. The Morgan fingerprint density at radius 2 is 1.90 bits per heavy atom. The van der Waals surface area contributed by atoms with Crippen molar-refractivity contribution in [2.75, 3.05) is 7.05 Å². The average Bonchev–Trinajstić information content (AvgIpc) is 3.31. The number of guanidine groups is 1. The highest BCUT2D eigenvalue weighted by Gasteiger charge is 2.07. The second-order valence-corrected chi connectivity index (χ2v) is 6.69. The van der Waals surface area contributed by atoms with Crippen LogP contribution >= 0.6 is 24.0 Å².